The van der Waals surface area contributed by atoms with Gasteiger partial charge in [0.2, 0.25) is 5.91 Å². The molecule has 1 fully saturated rings. The Labute approximate surface area is 143 Å². The second-order valence-electron chi connectivity index (χ2n) is 5.18. The van der Waals surface area contributed by atoms with Crippen molar-refractivity contribution < 1.29 is 14.3 Å². The van der Waals surface area contributed by atoms with Crippen LogP contribution in [-0.2, 0) is 9.53 Å². The molecule has 124 valence electrons. The van der Waals surface area contributed by atoms with Crippen molar-refractivity contribution in [3.63, 3.8) is 0 Å². The molecule has 2 heterocycles. The third kappa shape index (κ3) is 4.27. The van der Waals surface area contributed by atoms with Crippen LogP contribution in [0.2, 0.25) is 0 Å². The molecule has 0 aliphatic carbocycles. The standard InChI is InChI=1S/C17H17N3O3S/c21-15(4-5-16-18-6-11-24-16)19-14-3-1-2-13(12-14)17(22)20-7-9-23-10-8-20/h1-6,11-12H,7-10H2,(H,19,21). The molecule has 0 atom stereocenters. The van der Waals surface area contributed by atoms with E-state index in [1.54, 1.807) is 41.4 Å². The number of rotatable bonds is 4. The highest BCUT2D eigenvalue weighted by atomic mass is 32.1. The minimum atomic E-state index is -0.263. The topological polar surface area (TPSA) is 71.5 Å². The van der Waals surface area contributed by atoms with Crippen molar-refractivity contribution in [1.29, 1.82) is 0 Å². The van der Waals surface area contributed by atoms with Crippen LogP contribution in [0.1, 0.15) is 15.4 Å². The van der Waals surface area contributed by atoms with Crippen LogP contribution in [0.4, 0.5) is 5.69 Å². The summed E-state index contributed by atoms with van der Waals surface area (Å²) in [5.74, 6) is -0.311. The number of hydrogen-bond donors (Lipinski definition) is 1. The van der Waals surface area contributed by atoms with Crippen molar-refractivity contribution in [2.24, 2.45) is 0 Å². The summed E-state index contributed by atoms with van der Waals surface area (Å²) in [7, 11) is 0. The number of ether oxygens (including phenoxy) is 1. The fraction of sp³-hybridized carbons (Fsp3) is 0.235. The Balaban J connectivity index is 1.64. The highest BCUT2D eigenvalue weighted by Gasteiger charge is 2.18. The minimum absolute atomic E-state index is 0.0484. The van der Waals surface area contributed by atoms with E-state index in [0.29, 0.717) is 37.6 Å². The maximum Gasteiger partial charge on any atom is 0.254 e. The average Bonchev–Trinajstić information content (AvgIpc) is 3.14. The molecule has 1 saturated heterocycles. The molecule has 1 aliphatic heterocycles. The first kappa shape index (κ1) is 16.4. The molecule has 1 aromatic heterocycles. The van der Waals surface area contributed by atoms with Gasteiger partial charge >= 0.3 is 0 Å². The molecule has 6 nitrogen and oxygen atoms in total. The Bertz CT molecular complexity index is 737. The summed E-state index contributed by atoms with van der Waals surface area (Å²) >= 11 is 1.46. The second kappa shape index (κ2) is 7.85. The van der Waals surface area contributed by atoms with Crippen molar-refractivity contribution in [2.75, 3.05) is 31.6 Å². The Morgan fingerprint density at radius 3 is 2.88 bits per heavy atom. The van der Waals surface area contributed by atoms with E-state index in [1.165, 1.54) is 17.4 Å². The van der Waals surface area contributed by atoms with Crippen LogP contribution in [0.25, 0.3) is 6.08 Å². The number of morpholine rings is 1. The summed E-state index contributed by atoms with van der Waals surface area (Å²) < 4.78 is 5.26. The predicted molar refractivity (Wildman–Crippen MR) is 92.9 cm³/mol. The highest BCUT2D eigenvalue weighted by Crippen LogP contribution is 2.14. The van der Waals surface area contributed by atoms with E-state index >= 15 is 0 Å². The molecule has 0 saturated carbocycles. The molecule has 2 amide bonds. The van der Waals surface area contributed by atoms with Gasteiger partial charge in [0.1, 0.15) is 5.01 Å². The van der Waals surface area contributed by atoms with E-state index < -0.39 is 0 Å². The van der Waals surface area contributed by atoms with Gasteiger partial charge in [0.05, 0.1) is 13.2 Å². The van der Waals surface area contributed by atoms with Gasteiger partial charge < -0.3 is 15.0 Å². The van der Waals surface area contributed by atoms with Gasteiger partial charge in [-0.3, -0.25) is 9.59 Å². The predicted octanol–water partition coefficient (Wildman–Crippen LogP) is 2.27. The summed E-state index contributed by atoms with van der Waals surface area (Å²) in [6, 6.07) is 6.95. The van der Waals surface area contributed by atoms with E-state index in [9.17, 15) is 9.59 Å². The van der Waals surface area contributed by atoms with Crippen molar-refractivity contribution in [3.8, 4) is 0 Å². The van der Waals surface area contributed by atoms with Gasteiger partial charge in [-0.15, -0.1) is 11.3 Å². The van der Waals surface area contributed by atoms with Crippen LogP contribution < -0.4 is 5.32 Å². The molecule has 7 heteroatoms. The molecule has 24 heavy (non-hydrogen) atoms. The third-order valence-electron chi connectivity index (χ3n) is 3.50. The van der Waals surface area contributed by atoms with Gasteiger partial charge in [-0.1, -0.05) is 6.07 Å². The summed E-state index contributed by atoms with van der Waals surface area (Å²) in [4.78, 5) is 30.2. The molecule has 1 aromatic carbocycles. The Kier molecular flexibility index (Phi) is 5.35. The van der Waals surface area contributed by atoms with Crippen molar-refractivity contribution in [3.05, 3.63) is 52.5 Å². The number of carbonyl (C=O) groups is 2. The van der Waals surface area contributed by atoms with E-state index in [1.807, 2.05) is 5.38 Å². The quantitative estimate of drug-likeness (QED) is 0.865. The fourth-order valence-corrected chi connectivity index (χ4v) is 2.86. The smallest absolute Gasteiger partial charge is 0.254 e. The van der Waals surface area contributed by atoms with Crippen LogP contribution >= 0.6 is 11.3 Å². The number of nitrogens with zero attached hydrogens (tertiary/aromatic N) is 2. The molecule has 0 radical (unpaired) electrons. The first-order valence-corrected chi connectivity index (χ1v) is 8.46. The zero-order valence-corrected chi connectivity index (χ0v) is 13.8. The fourth-order valence-electron chi connectivity index (χ4n) is 2.33. The Hall–Kier alpha value is -2.51. The first-order valence-electron chi connectivity index (χ1n) is 7.58. The number of anilines is 1. The van der Waals surface area contributed by atoms with Crippen molar-refractivity contribution >= 4 is 34.9 Å². The molecule has 0 bridgehead atoms. The van der Waals surface area contributed by atoms with Crippen LogP contribution in [0.3, 0.4) is 0 Å². The van der Waals surface area contributed by atoms with E-state index in [4.69, 9.17) is 4.74 Å². The van der Waals surface area contributed by atoms with Gasteiger partial charge in [-0.25, -0.2) is 4.98 Å². The summed E-state index contributed by atoms with van der Waals surface area (Å²) in [5, 5.41) is 5.37. The normalized spacial score (nSPS) is 14.8. The van der Waals surface area contributed by atoms with Crippen molar-refractivity contribution in [1.82, 2.24) is 9.88 Å². The van der Waals surface area contributed by atoms with Crippen LogP contribution in [0.15, 0.2) is 41.9 Å². The summed E-state index contributed by atoms with van der Waals surface area (Å²) in [6.45, 7) is 2.30. The molecule has 2 aromatic rings. The maximum absolute atomic E-state index is 12.5. The average molecular weight is 343 g/mol. The molecule has 1 N–H and O–H groups in total. The van der Waals surface area contributed by atoms with Gasteiger partial charge in [-0.2, -0.15) is 0 Å². The number of carbonyl (C=O) groups excluding carboxylic acids is 2. The molecular weight excluding hydrogens is 326 g/mol. The third-order valence-corrected chi connectivity index (χ3v) is 4.24. The largest absolute Gasteiger partial charge is 0.378 e. The monoisotopic (exact) mass is 343 g/mol. The number of hydrogen-bond acceptors (Lipinski definition) is 5. The zero-order valence-electron chi connectivity index (χ0n) is 13.0. The van der Waals surface area contributed by atoms with E-state index in [0.717, 1.165) is 5.01 Å². The number of amides is 2. The first-order chi connectivity index (χ1) is 11.7. The van der Waals surface area contributed by atoms with Crippen LogP contribution in [-0.4, -0.2) is 48.0 Å². The Morgan fingerprint density at radius 2 is 2.12 bits per heavy atom. The molecular formula is C17H17N3O3S. The molecule has 3 rings (SSSR count). The van der Waals surface area contributed by atoms with Crippen molar-refractivity contribution in [2.45, 2.75) is 0 Å². The lowest BCUT2D eigenvalue weighted by atomic mass is 10.1. The molecule has 0 spiro atoms. The lowest BCUT2D eigenvalue weighted by Crippen LogP contribution is -2.40. The second-order valence-corrected chi connectivity index (χ2v) is 6.10. The molecule has 1 aliphatic rings. The Morgan fingerprint density at radius 1 is 1.29 bits per heavy atom. The zero-order chi connectivity index (χ0) is 16.8. The van der Waals surface area contributed by atoms with E-state index in [-0.39, 0.29) is 11.8 Å². The van der Waals surface area contributed by atoms with Gasteiger partial charge in [0, 0.05) is 42.0 Å². The van der Waals surface area contributed by atoms with Crippen LogP contribution in [0, 0.1) is 0 Å². The minimum Gasteiger partial charge on any atom is -0.378 e. The highest BCUT2D eigenvalue weighted by molar-refractivity contribution is 7.10. The maximum atomic E-state index is 12.5. The number of thiazole rings is 1. The number of nitrogens with one attached hydrogen (secondary N) is 1. The van der Waals surface area contributed by atoms with Crippen LogP contribution in [0.5, 0.6) is 0 Å². The molecule has 0 unspecified atom stereocenters. The lowest BCUT2D eigenvalue weighted by molar-refractivity contribution is -0.111. The summed E-state index contributed by atoms with van der Waals surface area (Å²) in [5.41, 5.74) is 1.14. The lowest BCUT2D eigenvalue weighted by Gasteiger charge is -2.27. The van der Waals surface area contributed by atoms with Gasteiger partial charge in [-0.05, 0) is 24.3 Å². The number of benzene rings is 1. The van der Waals surface area contributed by atoms with Gasteiger partial charge in [0.25, 0.3) is 5.91 Å². The van der Waals surface area contributed by atoms with E-state index in [2.05, 4.69) is 10.3 Å². The SMILES string of the molecule is O=C(C=Cc1nccs1)Nc1cccc(C(=O)N2CCOCC2)c1. The summed E-state index contributed by atoms with van der Waals surface area (Å²) in [6.07, 6.45) is 4.76. The number of aromatic nitrogens is 1. The van der Waals surface area contributed by atoms with Gasteiger partial charge in [0.15, 0.2) is 0 Å².